The van der Waals surface area contributed by atoms with Crippen molar-refractivity contribution in [2.45, 2.75) is 68.2 Å². The van der Waals surface area contributed by atoms with Gasteiger partial charge in [-0.3, -0.25) is 9.59 Å². The largest absolute Gasteiger partial charge is 0.370 e. The number of carbonyl (C=O) groups is 2. The van der Waals surface area contributed by atoms with Crippen LogP contribution in [0.3, 0.4) is 0 Å². The molecule has 9 nitrogen and oxygen atoms in total. The van der Waals surface area contributed by atoms with Crippen LogP contribution < -0.4 is 5.73 Å². The second-order valence-corrected chi connectivity index (χ2v) is 11.0. The lowest BCUT2D eigenvalue weighted by Crippen LogP contribution is -2.43. The first kappa shape index (κ1) is 19.7. The first-order valence-electron chi connectivity index (χ1n) is 9.70. The van der Waals surface area contributed by atoms with Gasteiger partial charge in [0.1, 0.15) is 5.82 Å². The molecule has 1 aromatic rings. The van der Waals surface area contributed by atoms with Crippen molar-refractivity contribution >= 4 is 33.4 Å². The third kappa shape index (κ3) is 4.51. The predicted octanol–water partition coefficient (Wildman–Crippen LogP) is 0.301. The van der Waals surface area contributed by atoms with Crippen molar-refractivity contribution in [3.8, 4) is 0 Å². The van der Waals surface area contributed by atoms with Gasteiger partial charge in [0.05, 0.1) is 17.3 Å². The Morgan fingerprint density at radius 1 is 1.14 bits per heavy atom. The second-order valence-electron chi connectivity index (χ2n) is 7.84. The van der Waals surface area contributed by atoms with Crippen LogP contribution in [0.1, 0.15) is 50.4 Å². The Labute approximate surface area is 168 Å². The normalized spacial score (nSPS) is 23.6. The summed E-state index contributed by atoms with van der Waals surface area (Å²) in [5.41, 5.74) is 5.24. The molecule has 28 heavy (non-hydrogen) atoms. The number of hydrogen-bond acceptors (Lipinski definition) is 7. The van der Waals surface area contributed by atoms with Crippen LogP contribution in [0.2, 0.25) is 0 Å². The zero-order valence-corrected chi connectivity index (χ0v) is 17.3. The number of aryl methyl sites for hydroxylation is 1. The number of aromatic nitrogens is 3. The Morgan fingerprint density at radius 3 is 2.46 bits per heavy atom. The molecule has 0 aromatic carbocycles. The van der Waals surface area contributed by atoms with Gasteiger partial charge in [-0.05, 0) is 32.1 Å². The standard InChI is InChI=1S/C17H25N5O4S2/c18-14(23)5-6-15-19-20-17(22(15)12-3-4-12)27-9-16(24)21(11-1-2-11)13-7-8-28(25,26)10-13/h11-13H,1-10H2,(H2,18,23)/t13-/m0/s1. The number of nitrogens with zero attached hydrogens (tertiary/aromatic N) is 4. The van der Waals surface area contributed by atoms with Crippen LogP contribution in [0.5, 0.6) is 0 Å². The molecule has 0 spiro atoms. The summed E-state index contributed by atoms with van der Waals surface area (Å²) in [4.78, 5) is 25.8. The van der Waals surface area contributed by atoms with Crippen molar-refractivity contribution in [3.63, 3.8) is 0 Å². The number of sulfone groups is 1. The van der Waals surface area contributed by atoms with E-state index >= 15 is 0 Å². The van der Waals surface area contributed by atoms with Gasteiger partial charge in [0.15, 0.2) is 15.0 Å². The molecule has 3 fully saturated rings. The van der Waals surface area contributed by atoms with E-state index in [0.29, 0.717) is 24.0 Å². The SMILES string of the molecule is NC(=O)CCc1nnc(SCC(=O)N(C2CC2)[C@H]2CCS(=O)(=O)C2)n1C1CC1. The molecular formula is C17H25N5O4S2. The van der Waals surface area contributed by atoms with Gasteiger partial charge in [-0.2, -0.15) is 0 Å². The highest BCUT2D eigenvalue weighted by Crippen LogP contribution is 2.39. The van der Waals surface area contributed by atoms with Crippen LogP contribution in [-0.2, 0) is 25.8 Å². The van der Waals surface area contributed by atoms with E-state index in [9.17, 15) is 18.0 Å². The maximum absolute atomic E-state index is 12.9. The fourth-order valence-corrected chi connectivity index (χ4v) is 6.37. The summed E-state index contributed by atoms with van der Waals surface area (Å²) in [5, 5.41) is 9.11. The number of hydrogen-bond donors (Lipinski definition) is 1. The molecule has 0 unspecified atom stereocenters. The number of nitrogens with two attached hydrogens (primary N) is 1. The van der Waals surface area contributed by atoms with Gasteiger partial charge in [-0.1, -0.05) is 11.8 Å². The lowest BCUT2D eigenvalue weighted by molar-refractivity contribution is -0.130. The third-order valence-electron chi connectivity index (χ3n) is 5.40. The summed E-state index contributed by atoms with van der Waals surface area (Å²) in [5.74, 6) is 0.793. The molecule has 11 heteroatoms. The number of carbonyl (C=O) groups excluding carboxylic acids is 2. The first-order valence-corrected chi connectivity index (χ1v) is 12.5. The van der Waals surface area contributed by atoms with E-state index in [1.165, 1.54) is 11.8 Å². The number of rotatable bonds is 9. The first-order chi connectivity index (χ1) is 13.3. The minimum Gasteiger partial charge on any atom is -0.370 e. The molecule has 1 aliphatic heterocycles. The van der Waals surface area contributed by atoms with Gasteiger partial charge in [0, 0.05) is 31.0 Å². The molecule has 2 aliphatic carbocycles. The molecule has 2 amide bonds. The van der Waals surface area contributed by atoms with Crippen molar-refractivity contribution in [2.24, 2.45) is 5.73 Å². The Morgan fingerprint density at radius 2 is 1.89 bits per heavy atom. The van der Waals surface area contributed by atoms with Crippen LogP contribution >= 0.6 is 11.8 Å². The summed E-state index contributed by atoms with van der Waals surface area (Å²) in [6.45, 7) is 0. The summed E-state index contributed by atoms with van der Waals surface area (Å²) in [6, 6.07) is 0.312. The highest BCUT2D eigenvalue weighted by atomic mass is 32.2. The van der Waals surface area contributed by atoms with Crippen LogP contribution in [0.15, 0.2) is 5.16 Å². The molecule has 2 saturated carbocycles. The Hall–Kier alpha value is -1.62. The zero-order chi connectivity index (χ0) is 19.9. The highest BCUT2D eigenvalue weighted by molar-refractivity contribution is 7.99. The quantitative estimate of drug-likeness (QED) is 0.561. The summed E-state index contributed by atoms with van der Waals surface area (Å²) in [6.07, 6.45) is 5.17. The summed E-state index contributed by atoms with van der Waals surface area (Å²) < 4.78 is 25.7. The molecular weight excluding hydrogens is 402 g/mol. The molecule has 2 heterocycles. The van der Waals surface area contributed by atoms with E-state index in [0.717, 1.165) is 31.5 Å². The molecule has 4 rings (SSSR count). The smallest absolute Gasteiger partial charge is 0.233 e. The molecule has 1 aromatic heterocycles. The summed E-state index contributed by atoms with van der Waals surface area (Å²) >= 11 is 1.34. The van der Waals surface area contributed by atoms with E-state index in [1.54, 1.807) is 0 Å². The fourth-order valence-electron chi connectivity index (χ4n) is 3.76. The van der Waals surface area contributed by atoms with E-state index in [2.05, 4.69) is 10.2 Å². The monoisotopic (exact) mass is 427 g/mol. The van der Waals surface area contributed by atoms with Crippen molar-refractivity contribution < 1.29 is 18.0 Å². The van der Waals surface area contributed by atoms with Gasteiger partial charge in [-0.25, -0.2) is 8.42 Å². The summed E-state index contributed by atoms with van der Waals surface area (Å²) in [7, 11) is -3.03. The van der Waals surface area contributed by atoms with E-state index in [1.807, 2.05) is 9.47 Å². The Kier molecular flexibility index (Phi) is 5.38. The van der Waals surface area contributed by atoms with E-state index in [-0.39, 0.29) is 47.6 Å². The van der Waals surface area contributed by atoms with Crippen LogP contribution in [0, 0.1) is 0 Å². The predicted molar refractivity (Wildman–Crippen MR) is 103 cm³/mol. The van der Waals surface area contributed by atoms with E-state index < -0.39 is 9.84 Å². The number of thioether (sulfide) groups is 1. The average molecular weight is 428 g/mol. The van der Waals surface area contributed by atoms with Crippen molar-refractivity contribution in [1.82, 2.24) is 19.7 Å². The molecule has 0 bridgehead atoms. The van der Waals surface area contributed by atoms with Gasteiger partial charge in [0.25, 0.3) is 0 Å². The Bertz CT molecular complexity index is 876. The lowest BCUT2D eigenvalue weighted by atomic mass is 10.2. The highest BCUT2D eigenvalue weighted by Gasteiger charge is 2.42. The number of primary amides is 1. The minimum atomic E-state index is -3.03. The maximum atomic E-state index is 12.9. The molecule has 0 radical (unpaired) electrons. The second kappa shape index (κ2) is 7.66. The molecule has 3 aliphatic rings. The van der Waals surface area contributed by atoms with Crippen molar-refractivity contribution in [1.29, 1.82) is 0 Å². The van der Waals surface area contributed by atoms with Crippen LogP contribution in [0.4, 0.5) is 0 Å². The number of amides is 2. The minimum absolute atomic E-state index is 0.0290. The average Bonchev–Trinajstić information content (AvgIpc) is 3.55. The van der Waals surface area contributed by atoms with Crippen molar-refractivity contribution in [2.75, 3.05) is 17.3 Å². The maximum Gasteiger partial charge on any atom is 0.233 e. The van der Waals surface area contributed by atoms with Crippen molar-refractivity contribution in [3.05, 3.63) is 5.82 Å². The topological polar surface area (TPSA) is 128 Å². The zero-order valence-electron chi connectivity index (χ0n) is 15.6. The molecule has 1 atom stereocenters. The van der Waals surface area contributed by atoms with Gasteiger partial charge in [-0.15, -0.1) is 10.2 Å². The van der Waals surface area contributed by atoms with Crippen LogP contribution in [-0.4, -0.2) is 69.2 Å². The van der Waals surface area contributed by atoms with Gasteiger partial charge in [0.2, 0.25) is 11.8 Å². The van der Waals surface area contributed by atoms with Gasteiger partial charge < -0.3 is 15.2 Å². The molecule has 154 valence electrons. The fraction of sp³-hybridized carbons (Fsp3) is 0.765. The molecule has 2 N–H and O–H groups in total. The Balaban J connectivity index is 1.42. The van der Waals surface area contributed by atoms with Crippen LogP contribution in [0.25, 0.3) is 0 Å². The lowest BCUT2D eigenvalue weighted by Gasteiger charge is -2.28. The van der Waals surface area contributed by atoms with Gasteiger partial charge >= 0.3 is 0 Å². The third-order valence-corrected chi connectivity index (χ3v) is 8.08. The molecule has 1 saturated heterocycles. The van der Waals surface area contributed by atoms with E-state index in [4.69, 9.17) is 5.73 Å².